The number of ether oxygens (including phenoxy) is 1. The average molecular weight is 494 g/mol. The van der Waals surface area contributed by atoms with Gasteiger partial charge in [-0.2, -0.15) is 0 Å². The minimum Gasteiger partial charge on any atom is -0.492 e. The Morgan fingerprint density at radius 1 is 1.06 bits per heavy atom. The fourth-order valence-electron chi connectivity index (χ4n) is 5.11. The highest BCUT2D eigenvalue weighted by atomic mass is 16.5. The number of imidazole rings is 1. The summed E-state index contributed by atoms with van der Waals surface area (Å²) in [5.74, 6) is 1.37. The van der Waals surface area contributed by atoms with Crippen molar-refractivity contribution in [1.82, 2.24) is 24.2 Å². The fourth-order valence-corrected chi connectivity index (χ4v) is 5.11. The third-order valence-corrected chi connectivity index (χ3v) is 6.91. The first kappa shape index (κ1) is 25.6. The van der Waals surface area contributed by atoms with Gasteiger partial charge in [0.2, 0.25) is 5.78 Å². The summed E-state index contributed by atoms with van der Waals surface area (Å²) in [5.41, 5.74) is 1.77. The van der Waals surface area contributed by atoms with E-state index in [4.69, 9.17) is 14.6 Å². The van der Waals surface area contributed by atoms with Crippen LogP contribution in [0.15, 0.2) is 48.9 Å². The van der Waals surface area contributed by atoms with E-state index in [1.165, 1.54) is 37.8 Å². The number of hydrogen-bond acceptors (Lipinski definition) is 6. The number of carboxylic acid groups (broad SMARTS) is 1. The molecule has 9 nitrogen and oxygen atoms in total. The Labute approximate surface area is 211 Å². The van der Waals surface area contributed by atoms with Crippen LogP contribution in [0.3, 0.4) is 0 Å². The van der Waals surface area contributed by atoms with Crippen LogP contribution in [0, 0.1) is 0 Å². The van der Waals surface area contributed by atoms with Gasteiger partial charge in [-0.1, -0.05) is 18.6 Å². The Hall–Kier alpha value is -3.46. The molecule has 9 heteroatoms. The van der Waals surface area contributed by atoms with Crippen molar-refractivity contribution in [2.75, 3.05) is 32.8 Å². The van der Waals surface area contributed by atoms with Crippen LogP contribution in [0.5, 0.6) is 5.75 Å². The Morgan fingerprint density at radius 2 is 1.86 bits per heavy atom. The number of rotatable bonds is 1. The third kappa shape index (κ3) is 6.81. The number of amides is 1. The molecule has 5 rings (SSSR count). The average Bonchev–Trinajstić information content (AvgIpc) is 3.34. The second-order valence-electron chi connectivity index (χ2n) is 9.28. The molecule has 1 saturated heterocycles. The number of hydrogen-bond donors (Lipinski definition) is 1. The smallest absolute Gasteiger partial charge is 0.290 e. The van der Waals surface area contributed by atoms with E-state index in [1.54, 1.807) is 16.8 Å². The highest BCUT2D eigenvalue weighted by molar-refractivity contribution is 5.92. The van der Waals surface area contributed by atoms with E-state index in [0.29, 0.717) is 37.2 Å². The molecule has 1 amide bonds. The number of carbonyl (C=O) groups excluding carboxylic acids is 1. The minimum absolute atomic E-state index is 0.0574. The summed E-state index contributed by atoms with van der Waals surface area (Å²) in [4.78, 5) is 34.9. The van der Waals surface area contributed by atoms with Crippen molar-refractivity contribution in [2.45, 2.75) is 51.0 Å². The van der Waals surface area contributed by atoms with Crippen LogP contribution in [-0.4, -0.2) is 80.5 Å². The van der Waals surface area contributed by atoms with Crippen LogP contribution in [0.2, 0.25) is 0 Å². The zero-order chi connectivity index (χ0) is 25.2. The van der Waals surface area contributed by atoms with Gasteiger partial charge in [0.15, 0.2) is 0 Å². The standard InChI is InChI=1S/C26H33N5O2.CH2O2/c32-25(24-20-31-16-6-12-27-26(31)28-24)30-15-4-3-14-29-13-2-1-8-22(29)11-10-21-7-5-9-23(19-21)33-18-17-30;2-1-3/h5-7,9,12,16,19-20,22H,1-4,8,10-11,13-15,17-18H2;1H,(H,2,3). The number of benzene rings is 1. The SMILES string of the molecule is O=C(c1cn2cccnc2n1)N1CCCCN2CCCCC2CCc2cccc(c2)OCC1.O=CO. The first-order valence-electron chi connectivity index (χ1n) is 12.8. The van der Waals surface area contributed by atoms with Crippen molar-refractivity contribution >= 4 is 18.2 Å². The zero-order valence-corrected chi connectivity index (χ0v) is 20.7. The Bertz CT molecular complexity index is 1100. The molecular formula is C27H35N5O4. The lowest BCUT2D eigenvalue weighted by molar-refractivity contribution is -0.122. The summed E-state index contributed by atoms with van der Waals surface area (Å²) in [7, 11) is 0. The molecule has 1 atom stereocenters. The lowest BCUT2D eigenvalue weighted by atomic mass is 9.95. The summed E-state index contributed by atoms with van der Waals surface area (Å²) in [6.45, 7) is 3.78. The van der Waals surface area contributed by atoms with Crippen LogP contribution in [-0.2, 0) is 11.2 Å². The summed E-state index contributed by atoms with van der Waals surface area (Å²) in [5, 5.41) is 6.89. The summed E-state index contributed by atoms with van der Waals surface area (Å²) in [6.07, 6.45) is 13.6. The number of nitrogens with zero attached hydrogens (tertiary/aromatic N) is 5. The summed E-state index contributed by atoms with van der Waals surface area (Å²) < 4.78 is 7.85. The molecule has 0 aliphatic carbocycles. The highest BCUT2D eigenvalue weighted by Crippen LogP contribution is 2.23. The molecule has 1 N–H and O–H groups in total. The van der Waals surface area contributed by atoms with Crippen LogP contribution >= 0.6 is 0 Å². The first-order chi connectivity index (χ1) is 17.7. The van der Waals surface area contributed by atoms with Gasteiger partial charge >= 0.3 is 0 Å². The van der Waals surface area contributed by atoms with E-state index >= 15 is 0 Å². The Morgan fingerprint density at radius 3 is 2.69 bits per heavy atom. The number of carbonyl (C=O) groups is 2. The van der Waals surface area contributed by atoms with Gasteiger partial charge in [-0.15, -0.1) is 0 Å². The first-order valence-corrected chi connectivity index (χ1v) is 12.8. The fraction of sp³-hybridized carbons (Fsp3) is 0.481. The van der Waals surface area contributed by atoms with Gasteiger partial charge in [-0.25, -0.2) is 9.97 Å². The van der Waals surface area contributed by atoms with Crippen molar-refractivity contribution in [3.05, 3.63) is 60.2 Å². The molecule has 2 aliphatic rings. The lowest BCUT2D eigenvalue weighted by Gasteiger charge is -2.36. The Kier molecular flexibility index (Phi) is 9.27. The predicted octanol–water partition coefficient (Wildman–Crippen LogP) is 3.53. The molecule has 1 unspecified atom stereocenters. The van der Waals surface area contributed by atoms with E-state index < -0.39 is 0 Å². The van der Waals surface area contributed by atoms with Crippen LogP contribution in [0.4, 0.5) is 0 Å². The molecule has 1 fully saturated rings. The molecule has 0 radical (unpaired) electrons. The molecular weight excluding hydrogens is 458 g/mol. The normalized spacial score (nSPS) is 19.6. The van der Waals surface area contributed by atoms with Gasteiger partial charge in [0.1, 0.15) is 18.1 Å². The van der Waals surface area contributed by atoms with E-state index in [1.807, 2.05) is 23.2 Å². The van der Waals surface area contributed by atoms with E-state index in [2.05, 4.69) is 33.1 Å². The summed E-state index contributed by atoms with van der Waals surface area (Å²) >= 11 is 0. The minimum atomic E-state index is -0.250. The van der Waals surface area contributed by atoms with Gasteiger partial charge in [0.25, 0.3) is 12.4 Å². The molecule has 36 heavy (non-hydrogen) atoms. The molecule has 4 heterocycles. The quantitative estimate of drug-likeness (QED) is 0.518. The molecule has 2 aliphatic heterocycles. The second-order valence-corrected chi connectivity index (χ2v) is 9.28. The molecule has 0 saturated carbocycles. The van der Waals surface area contributed by atoms with Crippen LogP contribution in [0.25, 0.3) is 5.78 Å². The molecule has 2 aromatic heterocycles. The van der Waals surface area contributed by atoms with Crippen LogP contribution < -0.4 is 4.74 Å². The molecule has 3 aromatic rings. The number of piperidine rings is 1. The summed E-state index contributed by atoms with van der Waals surface area (Å²) in [6, 6.07) is 10.9. The van der Waals surface area contributed by atoms with Crippen molar-refractivity contribution in [3.63, 3.8) is 0 Å². The van der Waals surface area contributed by atoms with Crippen molar-refractivity contribution in [1.29, 1.82) is 0 Å². The topological polar surface area (TPSA) is 100 Å². The highest BCUT2D eigenvalue weighted by Gasteiger charge is 2.23. The number of aromatic nitrogens is 3. The van der Waals surface area contributed by atoms with Gasteiger partial charge in [0, 0.05) is 31.2 Å². The maximum atomic E-state index is 13.3. The Balaban J connectivity index is 0.000000967. The van der Waals surface area contributed by atoms with Crippen molar-refractivity contribution in [2.24, 2.45) is 0 Å². The van der Waals surface area contributed by atoms with Gasteiger partial charge in [-0.05, 0) is 75.4 Å². The molecule has 2 bridgehead atoms. The lowest BCUT2D eigenvalue weighted by Crippen LogP contribution is -2.41. The number of fused-ring (bicyclic) bond motifs is 4. The molecule has 0 spiro atoms. The van der Waals surface area contributed by atoms with Gasteiger partial charge in [0.05, 0.1) is 6.54 Å². The van der Waals surface area contributed by atoms with E-state index in [9.17, 15) is 4.79 Å². The largest absolute Gasteiger partial charge is 0.492 e. The predicted molar refractivity (Wildman–Crippen MR) is 136 cm³/mol. The van der Waals surface area contributed by atoms with Gasteiger partial charge in [-0.3, -0.25) is 14.0 Å². The monoisotopic (exact) mass is 493 g/mol. The second kappa shape index (κ2) is 13.0. The maximum Gasteiger partial charge on any atom is 0.290 e. The maximum absolute atomic E-state index is 13.3. The third-order valence-electron chi connectivity index (χ3n) is 6.91. The van der Waals surface area contributed by atoms with Gasteiger partial charge < -0.3 is 19.6 Å². The number of aryl methyl sites for hydroxylation is 1. The molecule has 192 valence electrons. The molecule has 1 aromatic carbocycles. The van der Waals surface area contributed by atoms with E-state index in [-0.39, 0.29) is 12.4 Å². The van der Waals surface area contributed by atoms with E-state index in [0.717, 1.165) is 31.6 Å². The van der Waals surface area contributed by atoms with Crippen LogP contribution in [0.1, 0.15) is 54.6 Å². The zero-order valence-electron chi connectivity index (χ0n) is 20.7. The van der Waals surface area contributed by atoms with Crippen molar-refractivity contribution in [3.8, 4) is 5.75 Å². The van der Waals surface area contributed by atoms with Crippen molar-refractivity contribution < 1.29 is 19.4 Å².